The molecule has 1 aliphatic rings. The zero-order valence-electron chi connectivity index (χ0n) is 9.08. The van der Waals surface area contributed by atoms with Gasteiger partial charge in [0.05, 0.1) is 0 Å². The molecule has 0 amide bonds. The van der Waals surface area contributed by atoms with Crippen LogP contribution in [0.4, 0.5) is 5.82 Å². The lowest BCUT2D eigenvalue weighted by molar-refractivity contribution is 0.380. The number of nitrogens with zero attached hydrogens (tertiary/aromatic N) is 1. The van der Waals surface area contributed by atoms with Gasteiger partial charge in [0.25, 0.3) is 5.56 Å². The Bertz CT molecular complexity index is 393. The van der Waals surface area contributed by atoms with Crippen LogP contribution in [-0.2, 0) is 0 Å². The molecular formula is C11H16ClN3O. The van der Waals surface area contributed by atoms with E-state index in [4.69, 9.17) is 11.6 Å². The van der Waals surface area contributed by atoms with Crippen molar-refractivity contribution in [2.45, 2.75) is 31.1 Å². The predicted octanol–water partition coefficient (Wildman–Crippen LogP) is 1.98. The fraction of sp³-hybridized carbons (Fsp3) is 0.636. The number of alkyl halides is 1. The molecule has 2 N–H and O–H groups in total. The Hall–Kier alpha value is -1.03. The van der Waals surface area contributed by atoms with E-state index in [0.29, 0.717) is 11.7 Å². The largest absolute Gasteiger partial charge is 0.365 e. The maximum Gasteiger partial charge on any atom is 0.290 e. The Kier molecular flexibility index (Phi) is 3.83. The Morgan fingerprint density at radius 1 is 1.50 bits per heavy atom. The van der Waals surface area contributed by atoms with Crippen molar-refractivity contribution in [3.63, 3.8) is 0 Å². The van der Waals surface area contributed by atoms with Gasteiger partial charge in [-0.05, 0) is 18.8 Å². The molecule has 2 unspecified atom stereocenters. The van der Waals surface area contributed by atoms with E-state index in [1.54, 1.807) is 6.20 Å². The van der Waals surface area contributed by atoms with Crippen molar-refractivity contribution in [3.05, 3.63) is 22.7 Å². The molecule has 5 heteroatoms. The van der Waals surface area contributed by atoms with Gasteiger partial charge in [-0.2, -0.15) is 0 Å². The van der Waals surface area contributed by atoms with Crippen molar-refractivity contribution in [1.29, 1.82) is 0 Å². The smallest absolute Gasteiger partial charge is 0.290 e. The van der Waals surface area contributed by atoms with Gasteiger partial charge >= 0.3 is 0 Å². The summed E-state index contributed by atoms with van der Waals surface area (Å²) in [5, 5.41) is 3.30. The lowest BCUT2D eigenvalue weighted by Gasteiger charge is -2.27. The topological polar surface area (TPSA) is 57.8 Å². The molecule has 0 radical (unpaired) electrons. The lowest BCUT2D eigenvalue weighted by atomic mass is 9.89. The highest BCUT2D eigenvalue weighted by molar-refractivity contribution is 6.20. The van der Waals surface area contributed by atoms with Gasteiger partial charge in [0.1, 0.15) is 0 Å². The number of aromatic amines is 1. The maximum atomic E-state index is 11.4. The molecule has 1 fully saturated rings. The summed E-state index contributed by atoms with van der Waals surface area (Å²) >= 11 is 6.24. The Labute approximate surface area is 99.4 Å². The van der Waals surface area contributed by atoms with E-state index in [-0.39, 0.29) is 10.9 Å². The predicted molar refractivity (Wildman–Crippen MR) is 64.9 cm³/mol. The SMILES string of the molecule is O=c1[nH]ccnc1NCC1CCCCC1Cl. The minimum absolute atomic E-state index is 0.176. The first-order valence-electron chi connectivity index (χ1n) is 5.69. The fourth-order valence-electron chi connectivity index (χ4n) is 2.10. The molecule has 88 valence electrons. The van der Waals surface area contributed by atoms with Crippen molar-refractivity contribution >= 4 is 17.4 Å². The molecule has 0 aromatic carbocycles. The Morgan fingerprint density at radius 3 is 3.06 bits per heavy atom. The number of nitrogens with one attached hydrogen (secondary N) is 2. The molecule has 0 saturated heterocycles. The minimum atomic E-state index is -0.176. The highest BCUT2D eigenvalue weighted by atomic mass is 35.5. The van der Waals surface area contributed by atoms with Gasteiger partial charge in [-0.25, -0.2) is 4.98 Å². The van der Waals surface area contributed by atoms with E-state index in [9.17, 15) is 4.79 Å². The van der Waals surface area contributed by atoms with Crippen LogP contribution in [0.1, 0.15) is 25.7 Å². The first-order chi connectivity index (χ1) is 7.77. The third kappa shape index (κ3) is 2.76. The molecule has 0 aliphatic heterocycles. The van der Waals surface area contributed by atoms with E-state index < -0.39 is 0 Å². The van der Waals surface area contributed by atoms with Gasteiger partial charge in [0.2, 0.25) is 0 Å². The van der Waals surface area contributed by atoms with Crippen LogP contribution in [0.3, 0.4) is 0 Å². The van der Waals surface area contributed by atoms with Crippen LogP contribution in [0.25, 0.3) is 0 Å². The summed E-state index contributed by atoms with van der Waals surface area (Å²) in [5.41, 5.74) is -0.176. The molecule has 4 nitrogen and oxygen atoms in total. The number of H-pyrrole nitrogens is 1. The van der Waals surface area contributed by atoms with Crippen LogP contribution in [0.15, 0.2) is 17.2 Å². The Morgan fingerprint density at radius 2 is 2.31 bits per heavy atom. The highest BCUT2D eigenvalue weighted by Crippen LogP contribution is 2.28. The first kappa shape index (κ1) is 11.5. The molecular weight excluding hydrogens is 226 g/mol. The summed E-state index contributed by atoms with van der Waals surface area (Å²) < 4.78 is 0. The van der Waals surface area contributed by atoms with Gasteiger partial charge in [-0.3, -0.25) is 4.79 Å². The van der Waals surface area contributed by atoms with Gasteiger partial charge in [0, 0.05) is 24.3 Å². The van der Waals surface area contributed by atoms with Crippen LogP contribution in [0.5, 0.6) is 0 Å². The second kappa shape index (κ2) is 5.34. The number of rotatable bonds is 3. The second-order valence-corrected chi connectivity index (χ2v) is 4.77. The number of hydrogen-bond donors (Lipinski definition) is 2. The van der Waals surface area contributed by atoms with Gasteiger partial charge < -0.3 is 10.3 Å². The fourth-order valence-corrected chi connectivity index (χ4v) is 2.47. The minimum Gasteiger partial charge on any atom is -0.365 e. The number of aromatic nitrogens is 2. The third-order valence-corrected chi connectivity index (χ3v) is 3.63. The molecule has 2 atom stereocenters. The van der Waals surface area contributed by atoms with E-state index in [0.717, 1.165) is 19.4 Å². The van der Waals surface area contributed by atoms with Gasteiger partial charge in [-0.15, -0.1) is 11.6 Å². The van der Waals surface area contributed by atoms with E-state index in [1.165, 1.54) is 19.0 Å². The number of anilines is 1. The molecule has 1 aromatic rings. The van der Waals surface area contributed by atoms with Crippen molar-refractivity contribution in [3.8, 4) is 0 Å². The molecule has 0 bridgehead atoms. The van der Waals surface area contributed by atoms with Crippen molar-refractivity contribution in [1.82, 2.24) is 9.97 Å². The van der Waals surface area contributed by atoms with E-state index in [1.807, 2.05) is 0 Å². The summed E-state index contributed by atoms with van der Waals surface area (Å²) in [4.78, 5) is 17.9. The van der Waals surface area contributed by atoms with Crippen LogP contribution < -0.4 is 10.9 Å². The van der Waals surface area contributed by atoms with Crippen LogP contribution in [-0.4, -0.2) is 21.9 Å². The van der Waals surface area contributed by atoms with Crippen molar-refractivity contribution < 1.29 is 0 Å². The average molecular weight is 242 g/mol. The zero-order chi connectivity index (χ0) is 11.4. The van der Waals surface area contributed by atoms with Crippen molar-refractivity contribution in [2.24, 2.45) is 5.92 Å². The number of halogens is 1. The summed E-state index contributed by atoms with van der Waals surface area (Å²) in [5.74, 6) is 0.828. The summed E-state index contributed by atoms with van der Waals surface area (Å²) in [6.07, 6.45) is 7.75. The average Bonchev–Trinajstić information content (AvgIpc) is 2.30. The van der Waals surface area contributed by atoms with Gasteiger partial charge in [0.15, 0.2) is 5.82 Å². The van der Waals surface area contributed by atoms with Crippen LogP contribution in [0.2, 0.25) is 0 Å². The summed E-state index contributed by atoms with van der Waals surface area (Å²) in [6.45, 7) is 0.730. The van der Waals surface area contributed by atoms with Crippen LogP contribution >= 0.6 is 11.6 Å². The number of hydrogen-bond acceptors (Lipinski definition) is 3. The molecule has 16 heavy (non-hydrogen) atoms. The molecule has 2 rings (SSSR count). The molecule has 1 heterocycles. The van der Waals surface area contributed by atoms with Gasteiger partial charge in [-0.1, -0.05) is 12.8 Å². The second-order valence-electron chi connectivity index (χ2n) is 4.21. The monoisotopic (exact) mass is 241 g/mol. The standard InChI is InChI=1S/C11H16ClN3O/c12-9-4-2-1-3-8(9)7-15-10-11(16)14-6-5-13-10/h5-6,8-9H,1-4,7H2,(H,13,15)(H,14,16). The molecule has 1 aromatic heterocycles. The van der Waals surface area contributed by atoms with E-state index in [2.05, 4.69) is 15.3 Å². The van der Waals surface area contributed by atoms with E-state index >= 15 is 0 Å². The van der Waals surface area contributed by atoms with Crippen LogP contribution in [0, 0.1) is 5.92 Å². The zero-order valence-corrected chi connectivity index (χ0v) is 9.83. The Balaban J connectivity index is 1.92. The molecule has 0 spiro atoms. The highest BCUT2D eigenvalue weighted by Gasteiger charge is 2.22. The normalized spacial score (nSPS) is 25.3. The first-order valence-corrected chi connectivity index (χ1v) is 6.12. The van der Waals surface area contributed by atoms with Crippen molar-refractivity contribution in [2.75, 3.05) is 11.9 Å². The summed E-state index contributed by atoms with van der Waals surface area (Å²) in [7, 11) is 0. The lowest BCUT2D eigenvalue weighted by Crippen LogP contribution is -2.28. The molecule has 1 saturated carbocycles. The molecule has 1 aliphatic carbocycles. The third-order valence-electron chi connectivity index (χ3n) is 3.06. The maximum absolute atomic E-state index is 11.4. The quantitative estimate of drug-likeness (QED) is 0.796. The summed E-state index contributed by atoms with van der Waals surface area (Å²) in [6, 6.07) is 0.